The maximum Gasteiger partial charge on any atom is 0.0117 e. The SMILES string of the molecule is CCN1CCC(N(C)CCCC(C)CCN)CC1. The Kier molecular flexibility index (Phi) is 7.87. The summed E-state index contributed by atoms with van der Waals surface area (Å²) in [6.45, 7) is 10.5. The molecular weight excluding hydrogens is 222 g/mol. The number of hydrogen-bond donors (Lipinski definition) is 1. The lowest BCUT2D eigenvalue weighted by molar-refractivity contribution is 0.129. The highest BCUT2D eigenvalue weighted by molar-refractivity contribution is 4.77. The molecular formula is C15H33N3. The molecule has 0 aromatic heterocycles. The number of rotatable bonds is 8. The third-order valence-corrected chi connectivity index (χ3v) is 4.49. The van der Waals surface area contributed by atoms with E-state index < -0.39 is 0 Å². The predicted molar refractivity (Wildman–Crippen MR) is 79.8 cm³/mol. The Balaban J connectivity index is 2.11. The summed E-state index contributed by atoms with van der Waals surface area (Å²) >= 11 is 0. The first-order valence-electron chi connectivity index (χ1n) is 7.80. The number of nitrogens with zero attached hydrogens (tertiary/aromatic N) is 2. The van der Waals surface area contributed by atoms with Gasteiger partial charge in [-0.25, -0.2) is 0 Å². The van der Waals surface area contributed by atoms with Crippen molar-refractivity contribution in [3.63, 3.8) is 0 Å². The molecule has 0 bridgehead atoms. The maximum atomic E-state index is 5.59. The van der Waals surface area contributed by atoms with E-state index in [0.717, 1.165) is 18.5 Å². The third kappa shape index (κ3) is 5.68. The van der Waals surface area contributed by atoms with Gasteiger partial charge < -0.3 is 15.5 Å². The van der Waals surface area contributed by atoms with E-state index in [1.54, 1.807) is 0 Å². The average molecular weight is 255 g/mol. The molecule has 0 saturated carbocycles. The van der Waals surface area contributed by atoms with Crippen molar-refractivity contribution in [2.24, 2.45) is 11.7 Å². The van der Waals surface area contributed by atoms with Crippen LogP contribution in [-0.4, -0.2) is 55.6 Å². The third-order valence-electron chi connectivity index (χ3n) is 4.49. The molecule has 1 unspecified atom stereocenters. The molecule has 108 valence electrons. The first kappa shape index (κ1) is 15.9. The monoisotopic (exact) mass is 255 g/mol. The van der Waals surface area contributed by atoms with Crippen molar-refractivity contribution in [1.82, 2.24) is 9.80 Å². The highest BCUT2D eigenvalue weighted by Gasteiger charge is 2.21. The smallest absolute Gasteiger partial charge is 0.0117 e. The predicted octanol–water partition coefficient (Wildman–Crippen LogP) is 2.17. The first-order chi connectivity index (χ1) is 8.67. The van der Waals surface area contributed by atoms with E-state index in [9.17, 15) is 0 Å². The molecule has 0 spiro atoms. The van der Waals surface area contributed by atoms with Crippen LogP contribution in [0.5, 0.6) is 0 Å². The summed E-state index contributed by atoms with van der Waals surface area (Å²) in [5, 5.41) is 0. The summed E-state index contributed by atoms with van der Waals surface area (Å²) in [7, 11) is 2.31. The van der Waals surface area contributed by atoms with Crippen molar-refractivity contribution in [3.8, 4) is 0 Å². The molecule has 0 aromatic carbocycles. The van der Waals surface area contributed by atoms with E-state index >= 15 is 0 Å². The zero-order valence-corrected chi connectivity index (χ0v) is 12.7. The fraction of sp³-hybridized carbons (Fsp3) is 1.00. The molecule has 1 atom stereocenters. The van der Waals surface area contributed by atoms with Crippen molar-refractivity contribution in [3.05, 3.63) is 0 Å². The van der Waals surface area contributed by atoms with Gasteiger partial charge in [0.25, 0.3) is 0 Å². The van der Waals surface area contributed by atoms with Gasteiger partial charge in [-0.1, -0.05) is 13.8 Å². The van der Waals surface area contributed by atoms with Crippen LogP contribution in [0.2, 0.25) is 0 Å². The lowest BCUT2D eigenvalue weighted by Crippen LogP contribution is -2.43. The average Bonchev–Trinajstić information content (AvgIpc) is 2.39. The van der Waals surface area contributed by atoms with Gasteiger partial charge in [0.05, 0.1) is 0 Å². The van der Waals surface area contributed by atoms with Crippen molar-refractivity contribution < 1.29 is 0 Å². The van der Waals surface area contributed by atoms with E-state index in [4.69, 9.17) is 5.73 Å². The van der Waals surface area contributed by atoms with Crippen LogP contribution in [0.1, 0.15) is 46.0 Å². The van der Waals surface area contributed by atoms with Gasteiger partial charge in [0, 0.05) is 6.04 Å². The minimum atomic E-state index is 0.797. The lowest BCUT2D eigenvalue weighted by Gasteiger charge is -2.36. The Morgan fingerprint density at radius 3 is 2.50 bits per heavy atom. The fourth-order valence-corrected chi connectivity index (χ4v) is 2.98. The second-order valence-corrected chi connectivity index (χ2v) is 5.97. The van der Waals surface area contributed by atoms with Crippen LogP contribution < -0.4 is 5.73 Å². The van der Waals surface area contributed by atoms with Gasteiger partial charge >= 0.3 is 0 Å². The topological polar surface area (TPSA) is 32.5 Å². The van der Waals surface area contributed by atoms with Crippen LogP contribution in [0.25, 0.3) is 0 Å². The minimum absolute atomic E-state index is 0.797. The Morgan fingerprint density at radius 2 is 1.94 bits per heavy atom. The van der Waals surface area contributed by atoms with Gasteiger partial charge in [0.1, 0.15) is 0 Å². The molecule has 2 N–H and O–H groups in total. The Hall–Kier alpha value is -0.120. The molecule has 18 heavy (non-hydrogen) atoms. The standard InChI is InChI=1S/C15H33N3/c1-4-18-12-8-15(9-13-18)17(3)11-5-6-14(2)7-10-16/h14-15H,4-13,16H2,1-3H3. The highest BCUT2D eigenvalue weighted by Crippen LogP contribution is 2.16. The van der Waals surface area contributed by atoms with E-state index in [1.807, 2.05) is 0 Å². The maximum absolute atomic E-state index is 5.59. The number of likely N-dealkylation sites (tertiary alicyclic amines) is 1. The number of piperidine rings is 1. The molecule has 3 heteroatoms. The van der Waals surface area contributed by atoms with Crippen LogP contribution in [0, 0.1) is 5.92 Å². The van der Waals surface area contributed by atoms with Gasteiger partial charge in [0.2, 0.25) is 0 Å². The highest BCUT2D eigenvalue weighted by atomic mass is 15.2. The van der Waals surface area contributed by atoms with E-state index in [0.29, 0.717) is 0 Å². The molecule has 1 rings (SSSR count). The first-order valence-corrected chi connectivity index (χ1v) is 7.80. The normalized spacial score (nSPS) is 20.5. The van der Waals surface area contributed by atoms with Gasteiger partial charge in [-0.05, 0) is 77.8 Å². The Bertz CT molecular complexity index is 200. The minimum Gasteiger partial charge on any atom is -0.330 e. The van der Waals surface area contributed by atoms with Crippen LogP contribution in [0.15, 0.2) is 0 Å². The second kappa shape index (κ2) is 8.89. The van der Waals surface area contributed by atoms with Crippen molar-refractivity contribution in [1.29, 1.82) is 0 Å². The van der Waals surface area contributed by atoms with Crippen molar-refractivity contribution >= 4 is 0 Å². The summed E-state index contributed by atoms with van der Waals surface area (Å²) in [6, 6.07) is 0.817. The van der Waals surface area contributed by atoms with Crippen LogP contribution in [-0.2, 0) is 0 Å². The zero-order valence-electron chi connectivity index (χ0n) is 12.7. The molecule has 1 fully saturated rings. The summed E-state index contributed by atoms with van der Waals surface area (Å²) < 4.78 is 0. The van der Waals surface area contributed by atoms with Crippen molar-refractivity contribution in [2.45, 2.75) is 52.0 Å². The zero-order chi connectivity index (χ0) is 13.4. The van der Waals surface area contributed by atoms with Gasteiger partial charge in [-0.2, -0.15) is 0 Å². The van der Waals surface area contributed by atoms with Gasteiger partial charge in [0.15, 0.2) is 0 Å². The van der Waals surface area contributed by atoms with E-state index in [2.05, 4.69) is 30.7 Å². The lowest BCUT2D eigenvalue weighted by atomic mass is 10.00. The Morgan fingerprint density at radius 1 is 1.28 bits per heavy atom. The molecule has 1 heterocycles. The molecule has 1 aliphatic heterocycles. The number of nitrogens with two attached hydrogens (primary N) is 1. The van der Waals surface area contributed by atoms with Crippen LogP contribution in [0.3, 0.4) is 0 Å². The molecule has 0 aromatic rings. The number of hydrogen-bond acceptors (Lipinski definition) is 3. The van der Waals surface area contributed by atoms with Crippen molar-refractivity contribution in [2.75, 3.05) is 39.8 Å². The fourth-order valence-electron chi connectivity index (χ4n) is 2.98. The summed E-state index contributed by atoms with van der Waals surface area (Å²) in [5.41, 5.74) is 5.59. The molecule has 1 aliphatic rings. The Labute approximate surface area is 114 Å². The molecule has 1 saturated heterocycles. The second-order valence-electron chi connectivity index (χ2n) is 5.97. The summed E-state index contributed by atoms with van der Waals surface area (Å²) in [6.07, 6.45) is 6.53. The van der Waals surface area contributed by atoms with E-state index in [-0.39, 0.29) is 0 Å². The van der Waals surface area contributed by atoms with Crippen LogP contribution >= 0.6 is 0 Å². The molecule has 3 nitrogen and oxygen atoms in total. The molecule has 0 radical (unpaired) electrons. The quantitative estimate of drug-likeness (QED) is 0.721. The van der Waals surface area contributed by atoms with Gasteiger partial charge in [-0.3, -0.25) is 0 Å². The summed E-state index contributed by atoms with van der Waals surface area (Å²) in [4.78, 5) is 5.15. The summed E-state index contributed by atoms with van der Waals surface area (Å²) in [5.74, 6) is 0.797. The molecule has 0 amide bonds. The molecule has 0 aliphatic carbocycles. The largest absolute Gasteiger partial charge is 0.330 e. The van der Waals surface area contributed by atoms with Crippen LogP contribution in [0.4, 0.5) is 0 Å². The van der Waals surface area contributed by atoms with E-state index in [1.165, 1.54) is 58.3 Å². The van der Waals surface area contributed by atoms with Gasteiger partial charge in [-0.15, -0.1) is 0 Å².